The molecular formula is C15H19N3O3. The number of para-hydroxylation sites is 1. The molecule has 0 radical (unpaired) electrons. The van der Waals surface area contributed by atoms with Crippen molar-refractivity contribution in [1.82, 2.24) is 14.9 Å². The van der Waals surface area contributed by atoms with E-state index in [2.05, 4.69) is 9.97 Å². The second-order valence-corrected chi connectivity index (χ2v) is 5.22. The zero-order chi connectivity index (χ0) is 15.4. The Kier molecular flexibility index (Phi) is 4.70. The summed E-state index contributed by atoms with van der Waals surface area (Å²) in [5.41, 5.74) is 1.54. The molecule has 1 aromatic heterocycles. The van der Waals surface area contributed by atoms with Gasteiger partial charge in [-0.05, 0) is 38.6 Å². The Labute approximate surface area is 122 Å². The van der Waals surface area contributed by atoms with E-state index in [1.165, 1.54) is 0 Å². The lowest BCUT2D eigenvalue weighted by atomic mass is 10.1. The minimum Gasteiger partial charge on any atom is -0.481 e. The molecule has 21 heavy (non-hydrogen) atoms. The summed E-state index contributed by atoms with van der Waals surface area (Å²) in [6.45, 7) is 3.05. The average molecular weight is 289 g/mol. The number of carboxylic acids is 1. The molecule has 0 bridgehead atoms. The normalized spacial score (nSPS) is 11.2. The highest BCUT2D eigenvalue weighted by Gasteiger charge is 2.08. The third kappa shape index (κ3) is 3.88. The van der Waals surface area contributed by atoms with Crippen LogP contribution in [0.1, 0.15) is 24.2 Å². The molecule has 0 saturated carbocycles. The summed E-state index contributed by atoms with van der Waals surface area (Å²) in [5, 5.41) is 9.21. The first kappa shape index (κ1) is 15.2. The van der Waals surface area contributed by atoms with Crippen molar-refractivity contribution in [3.63, 3.8) is 0 Å². The molecule has 112 valence electrons. The van der Waals surface area contributed by atoms with Crippen molar-refractivity contribution >= 4 is 16.9 Å². The monoisotopic (exact) mass is 289 g/mol. The zero-order valence-corrected chi connectivity index (χ0v) is 12.2. The fraction of sp³-hybridized carbons (Fsp3) is 0.400. The van der Waals surface area contributed by atoms with Gasteiger partial charge in [-0.2, -0.15) is 0 Å². The number of benzene rings is 1. The largest absolute Gasteiger partial charge is 0.481 e. The maximum Gasteiger partial charge on any atom is 0.303 e. The van der Waals surface area contributed by atoms with Crippen LogP contribution in [0.15, 0.2) is 23.0 Å². The Morgan fingerprint density at radius 2 is 2.19 bits per heavy atom. The Bertz CT molecular complexity index is 709. The number of aromatic amines is 1. The molecule has 0 aliphatic heterocycles. The number of fused-ring (bicyclic) bond motifs is 1. The minimum atomic E-state index is -0.795. The van der Waals surface area contributed by atoms with Crippen LogP contribution in [0.5, 0.6) is 0 Å². The molecule has 0 atom stereocenters. The topological polar surface area (TPSA) is 86.3 Å². The molecule has 0 aliphatic rings. The molecule has 6 nitrogen and oxygen atoms in total. The second kappa shape index (κ2) is 6.49. The number of carboxylic acid groups (broad SMARTS) is 1. The van der Waals surface area contributed by atoms with E-state index in [-0.39, 0.29) is 12.0 Å². The van der Waals surface area contributed by atoms with Gasteiger partial charge in [0.05, 0.1) is 17.4 Å². The smallest absolute Gasteiger partial charge is 0.303 e. The third-order valence-corrected chi connectivity index (χ3v) is 3.34. The molecule has 2 rings (SSSR count). The van der Waals surface area contributed by atoms with Gasteiger partial charge in [-0.3, -0.25) is 14.5 Å². The van der Waals surface area contributed by atoms with Crippen LogP contribution in [0.25, 0.3) is 10.9 Å². The van der Waals surface area contributed by atoms with Crippen LogP contribution in [0.4, 0.5) is 0 Å². The Morgan fingerprint density at radius 1 is 1.43 bits per heavy atom. The lowest BCUT2D eigenvalue weighted by molar-refractivity contribution is -0.137. The van der Waals surface area contributed by atoms with E-state index in [1.807, 2.05) is 31.0 Å². The first-order valence-electron chi connectivity index (χ1n) is 6.86. The van der Waals surface area contributed by atoms with Gasteiger partial charge in [0.2, 0.25) is 0 Å². The highest BCUT2D eigenvalue weighted by atomic mass is 16.4. The fourth-order valence-corrected chi connectivity index (χ4v) is 2.26. The number of aromatic nitrogens is 2. The van der Waals surface area contributed by atoms with E-state index in [0.717, 1.165) is 11.1 Å². The molecule has 2 N–H and O–H groups in total. The van der Waals surface area contributed by atoms with Gasteiger partial charge in [0, 0.05) is 6.42 Å². The van der Waals surface area contributed by atoms with Crippen molar-refractivity contribution in [3.8, 4) is 0 Å². The average Bonchev–Trinajstić information content (AvgIpc) is 2.39. The summed E-state index contributed by atoms with van der Waals surface area (Å²) in [7, 11) is 1.88. The number of rotatable bonds is 6. The molecule has 0 fully saturated rings. The van der Waals surface area contributed by atoms with Gasteiger partial charge in [-0.1, -0.05) is 12.1 Å². The molecule has 0 amide bonds. The maximum absolute atomic E-state index is 12.0. The molecule has 6 heteroatoms. The molecule has 0 spiro atoms. The molecule has 0 saturated heterocycles. The first-order chi connectivity index (χ1) is 9.97. The van der Waals surface area contributed by atoms with Crippen molar-refractivity contribution in [2.75, 3.05) is 13.6 Å². The number of aliphatic carboxylic acids is 1. The number of aryl methyl sites for hydroxylation is 1. The van der Waals surface area contributed by atoms with E-state index < -0.39 is 5.97 Å². The van der Waals surface area contributed by atoms with Crippen LogP contribution < -0.4 is 5.56 Å². The van der Waals surface area contributed by atoms with Crippen LogP contribution in [0.3, 0.4) is 0 Å². The van der Waals surface area contributed by atoms with Gasteiger partial charge < -0.3 is 10.1 Å². The number of hydrogen-bond donors (Lipinski definition) is 2. The van der Waals surface area contributed by atoms with E-state index in [4.69, 9.17) is 5.11 Å². The highest BCUT2D eigenvalue weighted by molar-refractivity contribution is 5.80. The van der Waals surface area contributed by atoms with Crippen LogP contribution in [0, 0.1) is 6.92 Å². The number of nitrogens with one attached hydrogen (secondary N) is 1. The van der Waals surface area contributed by atoms with E-state index >= 15 is 0 Å². The summed E-state index contributed by atoms with van der Waals surface area (Å²) in [5.74, 6) is -0.198. The van der Waals surface area contributed by atoms with Gasteiger partial charge >= 0.3 is 5.97 Å². The SMILES string of the molecule is Cc1cccc2c(=O)[nH]c(CN(C)CCCC(=O)O)nc12. The fourth-order valence-electron chi connectivity index (χ4n) is 2.26. The number of carbonyl (C=O) groups is 1. The van der Waals surface area contributed by atoms with Gasteiger partial charge in [-0.25, -0.2) is 4.98 Å². The van der Waals surface area contributed by atoms with Crippen molar-refractivity contribution < 1.29 is 9.90 Å². The minimum absolute atomic E-state index is 0.141. The summed E-state index contributed by atoms with van der Waals surface area (Å²) in [4.78, 5) is 31.8. The van der Waals surface area contributed by atoms with Crippen molar-refractivity contribution in [1.29, 1.82) is 0 Å². The molecular weight excluding hydrogens is 270 g/mol. The highest BCUT2D eigenvalue weighted by Crippen LogP contribution is 2.12. The van der Waals surface area contributed by atoms with Crippen LogP contribution in [-0.4, -0.2) is 39.5 Å². The standard InChI is InChI=1S/C15H19N3O3/c1-10-5-3-6-11-14(10)16-12(17-15(11)21)9-18(2)8-4-7-13(19)20/h3,5-6H,4,7-9H2,1-2H3,(H,19,20)(H,16,17,21). The van der Waals surface area contributed by atoms with Gasteiger partial charge in [0.25, 0.3) is 5.56 Å². The molecule has 0 aliphatic carbocycles. The first-order valence-corrected chi connectivity index (χ1v) is 6.86. The van der Waals surface area contributed by atoms with Gasteiger partial charge in [-0.15, -0.1) is 0 Å². The van der Waals surface area contributed by atoms with Crippen LogP contribution in [-0.2, 0) is 11.3 Å². The molecule has 1 aromatic carbocycles. The number of H-pyrrole nitrogens is 1. The van der Waals surface area contributed by atoms with E-state index in [0.29, 0.717) is 30.7 Å². The zero-order valence-electron chi connectivity index (χ0n) is 12.2. The predicted molar refractivity (Wildman–Crippen MR) is 80.3 cm³/mol. The Balaban J connectivity index is 2.14. The summed E-state index contributed by atoms with van der Waals surface area (Å²) in [6.07, 6.45) is 0.716. The molecule has 1 heterocycles. The molecule has 2 aromatic rings. The lowest BCUT2D eigenvalue weighted by Crippen LogP contribution is -2.23. The second-order valence-electron chi connectivity index (χ2n) is 5.22. The number of hydrogen-bond acceptors (Lipinski definition) is 4. The summed E-state index contributed by atoms with van der Waals surface area (Å²) < 4.78 is 0. The number of nitrogens with zero attached hydrogens (tertiary/aromatic N) is 2. The van der Waals surface area contributed by atoms with Crippen LogP contribution >= 0.6 is 0 Å². The predicted octanol–water partition coefficient (Wildman–Crippen LogP) is 1.53. The van der Waals surface area contributed by atoms with Crippen molar-refractivity contribution in [2.24, 2.45) is 0 Å². The quantitative estimate of drug-likeness (QED) is 0.842. The summed E-state index contributed by atoms with van der Waals surface area (Å²) >= 11 is 0. The van der Waals surface area contributed by atoms with Crippen molar-refractivity contribution in [3.05, 3.63) is 39.9 Å². The third-order valence-electron chi connectivity index (χ3n) is 3.34. The van der Waals surface area contributed by atoms with Gasteiger partial charge in [0.1, 0.15) is 5.82 Å². The van der Waals surface area contributed by atoms with E-state index in [9.17, 15) is 9.59 Å². The maximum atomic E-state index is 12.0. The lowest BCUT2D eigenvalue weighted by Gasteiger charge is -2.15. The Morgan fingerprint density at radius 3 is 2.90 bits per heavy atom. The van der Waals surface area contributed by atoms with Crippen molar-refractivity contribution in [2.45, 2.75) is 26.3 Å². The summed E-state index contributed by atoms with van der Waals surface area (Å²) in [6, 6.07) is 5.52. The van der Waals surface area contributed by atoms with Gasteiger partial charge in [0.15, 0.2) is 0 Å². The van der Waals surface area contributed by atoms with Crippen LogP contribution in [0.2, 0.25) is 0 Å². The molecule has 0 unspecified atom stereocenters. The van der Waals surface area contributed by atoms with E-state index in [1.54, 1.807) is 6.07 Å². The Hall–Kier alpha value is -2.21.